The average Bonchev–Trinajstić information content (AvgIpc) is 2.37. The van der Waals surface area contributed by atoms with Crippen LogP contribution in [0.3, 0.4) is 0 Å². The summed E-state index contributed by atoms with van der Waals surface area (Å²) in [5.74, 6) is -1.74. The van der Waals surface area contributed by atoms with Crippen molar-refractivity contribution in [3.63, 3.8) is 0 Å². The van der Waals surface area contributed by atoms with Gasteiger partial charge in [-0.05, 0) is 41.1 Å². The van der Waals surface area contributed by atoms with Crippen molar-refractivity contribution in [1.82, 2.24) is 10.0 Å². The minimum absolute atomic E-state index is 0.166. The van der Waals surface area contributed by atoms with Gasteiger partial charge in [-0.1, -0.05) is 0 Å². The zero-order chi connectivity index (χ0) is 15.5. The second-order valence-electron chi connectivity index (χ2n) is 3.91. The fourth-order valence-corrected chi connectivity index (χ4v) is 3.60. The molecule has 0 aliphatic carbocycles. The largest absolute Gasteiger partial charge is 0.478 e. The third-order valence-corrected chi connectivity index (χ3v) is 4.97. The zero-order valence-corrected chi connectivity index (χ0v) is 13.1. The number of nitrogens with one attached hydrogen (secondary N) is 2. The number of amides is 1. The maximum atomic E-state index is 12.1. The Balaban J connectivity index is 3.18. The Kier molecular flexibility index (Phi) is 5.26. The number of sulfonamides is 1. The molecule has 3 N–H and O–H groups in total. The van der Waals surface area contributed by atoms with Gasteiger partial charge in [0, 0.05) is 11.5 Å². The van der Waals surface area contributed by atoms with E-state index in [1.807, 2.05) is 0 Å². The minimum atomic E-state index is -4.02. The average molecular weight is 365 g/mol. The first-order valence-electron chi connectivity index (χ1n) is 5.46. The molecular formula is C11H13BrN2O5S. The molecule has 0 bridgehead atoms. The molecule has 0 aliphatic rings. The highest BCUT2D eigenvalue weighted by Crippen LogP contribution is 2.23. The van der Waals surface area contributed by atoms with E-state index < -0.39 is 27.9 Å². The number of hydrogen-bond acceptors (Lipinski definition) is 4. The van der Waals surface area contributed by atoms with Crippen molar-refractivity contribution >= 4 is 37.8 Å². The van der Waals surface area contributed by atoms with Crippen molar-refractivity contribution in [1.29, 1.82) is 0 Å². The predicted octanol–water partition coefficient (Wildman–Crippen LogP) is 0.560. The number of halogens is 1. The third-order valence-electron chi connectivity index (χ3n) is 2.44. The molecular weight excluding hydrogens is 352 g/mol. The highest BCUT2D eigenvalue weighted by molar-refractivity contribution is 9.10. The molecule has 1 atom stereocenters. The molecule has 20 heavy (non-hydrogen) atoms. The van der Waals surface area contributed by atoms with Crippen molar-refractivity contribution < 1.29 is 23.1 Å². The summed E-state index contributed by atoms with van der Waals surface area (Å²) in [7, 11) is -2.64. The summed E-state index contributed by atoms with van der Waals surface area (Å²) in [4.78, 5) is 22.0. The highest BCUT2D eigenvalue weighted by Gasteiger charge is 2.24. The SMILES string of the molecule is CNC(=O)C(C)NS(=O)(=O)c1cc(C(=O)O)ccc1Br. The van der Waals surface area contributed by atoms with Gasteiger partial charge in [-0.15, -0.1) is 0 Å². The molecule has 0 heterocycles. The standard InChI is InChI=1S/C11H13BrN2O5S/c1-6(10(15)13-2)14-20(18,19)9-5-7(11(16)17)3-4-8(9)12/h3-6,14H,1-2H3,(H,13,15)(H,16,17). The second-order valence-corrected chi connectivity index (χ2v) is 6.44. The van der Waals surface area contributed by atoms with Gasteiger partial charge in [-0.2, -0.15) is 4.72 Å². The van der Waals surface area contributed by atoms with Crippen LogP contribution in [0.2, 0.25) is 0 Å². The van der Waals surface area contributed by atoms with Crippen LogP contribution in [-0.2, 0) is 14.8 Å². The van der Waals surface area contributed by atoms with E-state index in [4.69, 9.17) is 5.11 Å². The molecule has 0 saturated carbocycles. The van der Waals surface area contributed by atoms with E-state index >= 15 is 0 Å². The Morgan fingerprint density at radius 2 is 1.95 bits per heavy atom. The van der Waals surface area contributed by atoms with Crippen molar-refractivity contribution in [3.8, 4) is 0 Å². The molecule has 0 saturated heterocycles. The summed E-state index contributed by atoms with van der Waals surface area (Å²) in [5, 5.41) is 11.2. The fourth-order valence-electron chi connectivity index (χ4n) is 1.41. The van der Waals surface area contributed by atoms with Gasteiger partial charge in [0.15, 0.2) is 0 Å². The number of hydrogen-bond donors (Lipinski definition) is 3. The van der Waals surface area contributed by atoms with Crippen LogP contribution in [-0.4, -0.2) is 38.5 Å². The molecule has 9 heteroatoms. The smallest absolute Gasteiger partial charge is 0.335 e. The Morgan fingerprint density at radius 1 is 1.35 bits per heavy atom. The van der Waals surface area contributed by atoms with E-state index in [9.17, 15) is 18.0 Å². The van der Waals surface area contributed by atoms with E-state index in [2.05, 4.69) is 26.0 Å². The number of benzene rings is 1. The lowest BCUT2D eigenvalue weighted by molar-refractivity contribution is -0.121. The van der Waals surface area contributed by atoms with Crippen LogP contribution in [0.5, 0.6) is 0 Å². The van der Waals surface area contributed by atoms with E-state index in [0.717, 1.165) is 6.07 Å². The van der Waals surface area contributed by atoms with Gasteiger partial charge < -0.3 is 10.4 Å². The van der Waals surface area contributed by atoms with Gasteiger partial charge in [-0.3, -0.25) is 4.79 Å². The van der Waals surface area contributed by atoms with Crippen molar-refractivity contribution in [3.05, 3.63) is 28.2 Å². The Bertz CT molecular complexity index is 644. The van der Waals surface area contributed by atoms with Crippen LogP contribution in [0, 0.1) is 0 Å². The number of rotatable bonds is 5. The monoisotopic (exact) mass is 364 g/mol. The lowest BCUT2D eigenvalue weighted by Crippen LogP contribution is -2.43. The van der Waals surface area contributed by atoms with E-state index in [-0.39, 0.29) is 14.9 Å². The highest BCUT2D eigenvalue weighted by atomic mass is 79.9. The van der Waals surface area contributed by atoms with Crippen molar-refractivity contribution in [2.24, 2.45) is 0 Å². The lowest BCUT2D eigenvalue weighted by Gasteiger charge is -2.14. The minimum Gasteiger partial charge on any atom is -0.478 e. The van der Waals surface area contributed by atoms with Gasteiger partial charge in [-0.25, -0.2) is 13.2 Å². The normalized spacial score (nSPS) is 12.8. The summed E-state index contributed by atoms with van der Waals surface area (Å²) in [6.07, 6.45) is 0. The predicted molar refractivity (Wildman–Crippen MR) is 75.0 cm³/mol. The first-order valence-corrected chi connectivity index (χ1v) is 7.73. The summed E-state index contributed by atoms with van der Waals surface area (Å²) in [6, 6.07) is 2.63. The maximum absolute atomic E-state index is 12.1. The van der Waals surface area contributed by atoms with Crippen LogP contribution in [0.1, 0.15) is 17.3 Å². The topological polar surface area (TPSA) is 113 Å². The molecule has 1 amide bonds. The maximum Gasteiger partial charge on any atom is 0.335 e. The molecule has 0 radical (unpaired) electrons. The van der Waals surface area contributed by atoms with Gasteiger partial charge in [0.1, 0.15) is 0 Å². The third kappa shape index (κ3) is 3.78. The molecule has 0 aliphatic heterocycles. The number of carboxylic acid groups (broad SMARTS) is 1. The Hall–Kier alpha value is -1.45. The summed E-state index contributed by atoms with van der Waals surface area (Å²) >= 11 is 3.05. The summed E-state index contributed by atoms with van der Waals surface area (Å²) in [5.41, 5.74) is -0.166. The lowest BCUT2D eigenvalue weighted by atomic mass is 10.2. The zero-order valence-electron chi connectivity index (χ0n) is 10.7. The van der Waals surface area contributed by atoms with Crippen LogP contribution in [0.15, 0.2) is 27.6 Å². The number of carboxylic acids is 1. The van der Waals surface area contributed by atoms with Crippen molar-refractivity contribution in [2.75, 3.05) is 7.05 Å². The van der Waals surface area contributed by atoms with Gasteiger partial charge in [0.25, 0.3) is 0 Å². The van der Waals surface area contributed by atoms with Gasteiger partial charge >= 0.3 is 5.97 Å². The molecule has 1 aromatic rings. The molecule has 0 spiro atoms. The molecule has 0 fully saturated rings. The molecule has 1 unspecified atom stereocenters. The molecule has 110 valence electrons. The van der Waals surface area contributed by atoms with Crippen LogP contribution >= 0.6 is 15.9 Å². The number of carbonyl (C=O) groups excluding carboxylic acids is 1. The molecule has 7 nitrogen and oxygen atoms in total. The van der Waals surface area contributed by atoms with Crippen molar-refractivity contribution in [2.45, 2.75) is 17.9 Å². The fraction of sp³-hybridized carbons (Fsp3) is 0.273. The first-order chi connectivity index (χ1) is 9.19. The number of likely N-dealkylation sites (N-methyl/N-ethyl adjacent to an activating group) is 1. The summed E-state index contributed by atoms with van der Waals surface area (Å²) in [6.45, 7) is 1.38. The van der Waals surface area contributed by atoms with Crippen LogP contribution in [0.25, 0.3) is 0 Å². The second kappa shape index (κ2) is 6.33. The first kappa shape index (κ1) is 16.6. The van der Waals surface area contributed by atoms with E-state index in [0.29, 0.717) is 0 Å². The van der Waals surface area contributed by atoms with E-state index in [1.54, 1.807) is 0 Å². The molecule has 0 aromatic heterocycles. The quantitative estimate of drug-likeness (QED) is 0.706. The van der Waals surface area contributed by atoms with Crippen LogP contribution < -0.4 is 10.0 Å². The summed E-state index contributed by atoms with van der Waals surface area (Å²) < 4.78 is 26.7. The Morgan fingerprint density at radius 3 is 2.45 bits per heavy atom. The Labute approximate surface area is 124 Å². The van der Waals surface area contributed by atoms with E-state index in [1.165, 1.54) is 26.1 Å². The van der Waals surface area contributed by atoms with Gasteiger partial charge in [0.2, 0.25) is 15.9 Å². The number of aromatic carboxylic acids is 1. The molecule has 1 rings (SSSR count). The van der Waals surface area contributed by atoms with Gasteiger partial charge in [0.05, 0.1) is 16.5 Å². The molecule has 1 aromatic carbocycles. The number of carbonyl (C=O) groups is 2. The van der Waals surface area contributed by atoms with Crippen LogP contribution in [0.4, 0.5) is 0 Å².